The summed E-state index contributed by atoms with van der Waals surface area (Å²) in [5.74, 6) is -0.534. The van der Waals surface area contributed by atoms with Crippen LogP contribution in [0, 0.1) is 21.4 Å². The van der Waals surface area contributed by atoms with Crippen molar-refractivity contribution >= 4 is 5.69 Å². The largest absolute Gasteiger partial charge is 0.311 e. The summed E-state index contributed by atoms with van der Waals surface area (Å²) in [7, 11) is 0. The second-order valence-corrected chi connectivity index (χ2v) is 2.28. The van der Waals surface area contributed by atoms with E-state index >= 15 is 0 Å². The highest BCUT2D eigenvalue weighted by Gasteiger charge is 2.20. The fourth-order valence-electron chi connectivity index (χ4n) is 0.818. The second-order valence-electron chi connectivity index (χ2n) is 2.28. The first-order valence-corrected chi connectivity index (χ1v) is 3.24. The normalized spacial score (nSPS) is 12.0. The number of nitrogens with one attached hydrogen (secondary N) is 1. The predicted molar refractivity (Wildman–Crippen MR) is 39.3 cm³/mol. The van der Waals surface area contributed by atoms with Crippen LogP contribution < -0.4 is 0 Å². The molecule has 1 rings (SSSR count). The molecule has 1 aromatic heterocycles. The molecule has 12 heavy (non-hydrogen) atoms. The lowest BCUT2D eigenvalue weighted by Crippen LogP contribution is -1.96. The zero-order chi connectivity index (χ0) is 9.14. The predicted octanol–water partition coefficient (Wildman–Crippen LogP) is 0.945. The van der Waals surface area contributed by atoms with Gasteiger partial charge in [0.05, 0.1) is 16.9 Å². The highest BCUT2D eigenvalue weighted by atomic mass is 16.6. The molecule has 0 saturated heterocycles. The highest BCUT2D eigenvalue weighted by Crippen LogP contribution is 2.22. The van der Waals surface area contributed by atoms with Crippen LogP contribution in [0.25, 0.3) is 0 Å². The molecular formula is C6H6N4O2. The molecule has 0 bridgehead atoms. The van der Waals surface area contributed by atoms with Crippen LogP contribution in [0.2, 0.25) is 0 Å². The van der Waals surface area contributed by atoms with Gasteiger partial charge in [-0.25, -0.2) is 0 Å². The van der Waals surface area contributed by atoms with E-state index in [-0.39, 0.29) is 11.4 Å². The van der Waals surface area contributed by atoms with Gasteiger partial charge in [-0.15, -0.1) is 0 Å². The maximum Gasteiger partial charge on any atom is 0.311 e. The topological polar surface area (TPSA) is 95.6 Å². The molecule has 6 heteroatoms. The van der Waals surface area contributed by atoms with Crippen molar-refractivity contribution in [2.75, 3.05) is 0 Å². The molecule has 62 valence electrons. The zero-order valence-electron chi connectivity index (χ0n) is 6.31. The Morgan fingerprint density at radius 3 is 3.08 bits per heavy atom. The molecule has 0 amide bonds. The minimum atomic E-state index is -0.563. The summed E-state index contributed by atoms with van der Waals surface area (Å²) in [4.78, 5) is 9.78. The van der Waals surface area contributed by atoms with E-state index in [4.69, 9.17) is 5.26 Å². The van der Waals surface area contributed by atoms with Gasteiger partial charge in [0.1, 0.15) is 11.9 Å². The molecule has 0 spiro atoms. The second kappa shape index (κ2) is 3.00. The molecule has 0 aliphatic rings. The van der Waals surface area contributed by atoms with Crippen molar-refractivity contribution in [3.8, 4) is 6.07 Å². The minimum Gasteiger partial charge on any atom is -0.274 e. The monoisotopic (exact) mass is 166 g/mol. The number of hydrogen-bond donors (Lipinski definition) is 1. The third kappa shape index (κ3) is 1.25. The van der Waals surface area contributed by atoms with Crippen molar-refractivity contribution in [3.05, 3.63) is 22.0 Å². The summed E-state index contributed by atoms with van der Waals surface area (Å²) in [6, 6.07) is 1.89. The van der Waals surface area contributed by atoms with Gasteiger partial charge in [0.25, 0.3) is 0 Å². The number of aromatic nitrogens is 2. The summed E-state index contributed by atoms with van der Waals surface area (Å²) in [6.45, 7) is 1.57. The van der Waals surface area contributed by atoms with Gasteiger partial charge in [-0.1, -0.05) is 0 Å². The quantitative estimate of drug-likeness (QED) is 0.522. The van der Waals surface area contributed by atoms with Crippen LogP contribution >= 0.6 is 0 Å². The van der Waals surface area contributed by atoms with Crippen LogP contribution in [0.15, 0.2) is 6.20 Å². The maximum atomic E-state index is 10.3. The summed E-state index contributed by atoms with van der Waals surface area (Å²) in [5, 5.41) is 24.8. The van der Waals surface area contributed by atoms with Gasteiger partial charge in [0, 0.05) is 0 Å². The zero-order valence-corrected chi connectivity index (χ0v) is 6.31. The average Bonchev–Trinajstić information content (AvgIpc) is 2.50. The lowest BCUT2D eigenvalue weighted by Gasteiger charge is -1.95. The number of aromatic amines is 1. The van der Waals surface area contributed by atoms with E-state index in [9.17, 15) is 10.1 Å². The highest BCUT2D eigenvalue weighted by molar-refractivity contribution is 5.36. The Labute approximate surface area is 68.0 Å². The summed E-state index contributed by atoms with van der Waals surface area (Å²) in [6.07, 6.45) is 1.10. The molecule has 6 nitrogen and oxygen atoms in total. The standard InChI is InChI=1S/C6H6N4O2/c1-4(2-7)6-5(10(11)12)3-8-9-6/h3-4H,1H3,(H,8,9). The molecule has 0 aliphatic heterocycles. The van der Waals surface area contributed by atoms with Crippen LogP contribution in [0.5, 0.6) is 0 Å². The third-order valence-electron chi connectivity index (χ3n) is 1.47. The number of H-pyrrole nitrogens is 1. The number of hydrogen-bond acceptors (Lipinski definition) is 4. The van der Waals surface area contributed by atoms with Gasteiger partial charge in [-0.3, -0.25) is 15.2 Å². The Hall–Kier alpha value is -1.90. The first-order chi connectivity index (χ1) is 5.66. The van der Waals surface area contributed by atoms with Crippen molar-refractivity contribution in [2.24, 2.45) is 0 Å². The van der Waals surface area contributed by atoms with Crippen molar-refractivity contribution in [3.63, 3.8) is 0 Å². The Morgan fingerprint density at radius 1 is 1.92 bits per heavy atom. The first-order valence-electron chi connectivity index (χ1n) is 3.24. The Kier molecular flexibility index (Phi) is 2.05. The van der Waals surface area contributed by atoms with Crippen molar-refractivity contribution < 1.29 is 4.92 Å². The van der Waals surface area contributed by atoms with Crippen molar-refractivity contribution in [2.45, 2.75) is 12.8 Å². The molecule has 1 aromatic rings. The van der Waals surface area contributed by atoms with E-state index in [0.717, 1.165) is 6.20 Å². The van der Waals surface area contributed by atoms with Crippen LogP contribution in [-0.2, 0) is 0 Å². The van der Waals surface area contributed by atoms with Crippen molar-refractivity contribution in [1.29, 1.82) is 5.26 Å². The molecule has 0 saturated carbocycles. The first kappa shape index (κ1) is 8.20. The summed E-state index contributed by atoms with van der Waals surface area (Å²) >= 11 is 0. The Balaban J connectivity index is 3.09. The van der Waals surface area contributed by atoms with Crippen LogP contribution in [0.4, 0.5) is 5.69 Å². The molecular weight excluding hydrogens is 160 g/mol. The number of nitrogens with zero attached hydrogens (tertiary/aromatic N) is 3. The maximum absolute atomic E-state index is 10.3. The van der Waals surface area contributed by atoms with Crippen molar-refractivity contribution in [1.82, 2.24) is 10.2 Å². The van der Waals surface area contributed by atoms with E-state index in [1.807, 2.05) is 6.07 Å². The van der Waals surface area contributed by atoms with Gasteiger partial charge in [0.2, 0.25) is 0 Å². The molecule has 1 N–H and O–H groups in total. The molecule has 0 fully saturated rings. The Bertz CT molecular complexity index is 338. The summed E-state index contributed by atoms with van der Waals surface area (Å²) < 4.78 is 0. The minimum absolute atomic E-state index is 0.135. The van der Waals surface area contributed by atoms with E-state index in [1.54, 1.807) is 6.92 Å². The van der Waals surface area contributed by atoms with E-state index in [1.165, 1.54) is 0 Å². The van der Waals surface area contributed by atoms with E-state index in [0.29, 0.717) is 0 Å². The van der Waals surface area contributed by atoms with Crippen LogP contribution in [0.3, 0.4) is 0 Å². The average molecular weight is 166 g/mol. The van der Waals surface area contributed by atoms with Crippen LogP contribution in [0.1, 0.15) is 18.5 Å². The lowest BCUT2D eigenvalue weighted by molar-refractivity contribution is -0.385. The number of rotatable bonds is 2. The van der Waals surface area contributed by atoms with Gasteiger partial charge < -0.3 is 0 Å². The van der Waals surface area contributed by atoms with E-state index in [2.05, 4.69) is 10.2 Å². The Morgan fingerprint density at radius 2 is 2.58 bits per heavy atom. The molecule has 1 unspecified atom stereocenters. The molecule has 0 radical (unpaired) electrons. The van der Waals surface area contributed by atoms with Gasteiger partial charge in [0.15, 0.2) is 0 Å². The number of nitro groups is 1. The number of nitriles is 1. The molecule has 0 aromatic carbocycles. The fourth-order valence-corrected chi connectivity index (χ4v) is 0.818. The summed E-state index contributed by atoms with van der Waals surface area (Å²) in [5.41, 5.74) is 0.117. The van der Waals surface area contributed by atoms with Crippen LogP contribution in [-0.4, -0.2) is 15.1 Å². The molecule has 1 atom stereocenters. The van der Waals surface area contributed by atoms with Gasteiger partial charge >= 0.3 is 5.69 Å². The molecule has 0 aliphatic carbocycles. The lowest BCUT2D eigenvalue weighted by atomic mass is 10.1. The third-order valence-corrected chi connectivity index (χ3v) is 1.47. The molecule has 1 heterocycles. The smallest absolute Gasteiger partial charge is 0.274 e. The van der Waals surface area contributed by atoms with Gasteiger partial charge in [-0.2, -0.15) is 10.4 Å². The SMILES string of the molecule is CC(C#N)c1[nH]ncc1[N+](=O)[O-]. The van der Waals surface area contributed by atoms with E-state index < -0.39 is 10.8 Å². The van der Waals surface area contributed by atoms with Gasteiger partial charge in [-0.05, 0) is 6.92 Å². The fraction of sp³-hybridized carbons (Fsp3) is 0.333.